The average molecular weight is 991 g/mol. The fourth-order valence-electron chi connectivity index (χ4n) is 13.4. The average Bonchev–Trinajstić information content (AvgIpc) is 3.60. The normalized spacial score (nSPS) is 25.4. The number of imide groups is 1. The zero-order chi connectivity index (χ0) is 49.1. The van der Waals surface area contributed by atoms with E-state index >= 15 is 4.39 Å². The highest BCUT2D eigenvalue weighted by Gasteiger charge is 2.50. The number of hydrogen-bond donors (Lipinski definition) is 3. The zero-order valence-electron chi connectivity index (χ0n) is 40.1. The largest absolute Gasteiger partial charge is 0.463 e. The van der Waals surface area contributed by atoms with Crippen LogP contribution < -0.4 is 25.2 Å². The van der Waals surface area contributed by atoms with Crippen molar-refractivity contribution in [2.75, 3.05) is 81.9 Å². The smallest absolute Gasteiger partial charge is 0.417 e. The molecule has 2 unspecified atom stereocenters. The molecule has 72 heavy (non-hydrogen) atoms. The standard InChI is InChI=1S/C52H58F4N12O4/c53-43-44-37(22-57-45(43)42-36-23-58-63-39(36)6-5-38(42)52(54,55)56)46(67-26-32-1-2-33(27-67)59-32)62-49(61-44)72-29-51(9-10-51)28-65-13-11-50(12-14-65)20-30(21-50)24-64-15-17-66(18-16-64)34-3-4-35-31(19-34)25-68(48(35)71)40-7-8-41(69)60-47(40)70/h3-6,19,22-23,30,32-33,40,59H,1-2,7-18,20-21,24-29H2,(H,58,63)(H,60,69,70)/t32?,33?,40-/m0/s1. The van der Waals surface area contributed by atoms with Crippen molar-refractivity contribution in [2.45, 2.75) is 95.1 Å². The quantitative estimate of drug-likeness (QED) is 0.106. The van der Waals surface area contributed by atoms with Gasteiger partial charge in [-0.15, -0.1) is 0 Å². The zero-order valence-corrected chi connectivity index (χ0v) is 40.1. The lowest BCUT2D eigenvalue weighted by Crippen LogP contribution is -2.53. The van der Waals surface area contributed by atoms with E-state index in [2.05, 4.69) is 56.5 Å². The number of benzene rings is 2. The minimum absolute atomic E-state index is 0.0174. The first kappa shape index (κ1) is 45.8. The lowest BCUT2D eigenvalue weighted by Gasteiger charge is -2.54. The fourth-order valence-corrected chi connectivity index (χ4v) is 13.4. The van der Waals surface area contributed by atoms with Crippen molar-refractivity contribution < 1.29 is 36.7 Å². The summed E-state index contributed by atoms with van der Waals surface area (Å²) in [5.41, 5.74) is 1.37. The van der Waals surface area contributed by atoms with Gasteiger partial charge < -0.3 is 29.7 Å². The van der Waals surface area contributed by atoms with Gasteiger partial charge in [-0.25, -0.2) is 4.39 Å². The molecule has 3 amide bonds. The molecule has 9 heterocycles. The maximum atomic E-state index is 17.0. The molecule has 3 aromatic heterocycles. The molecule has 1 spiro atoms. The predicted octanol–water partition coefficient (Wildman–Crippen LogP) is 5.90. The Morgan fingerprint density at radius 3 is 2.35 bits per heavy atom. The fraction of sp³-hybridized carbons (Fsp3) is 0.558. The maximum Gasteiger partial charge on any atom is 0.417 e. The Morgan fingerprint density at radius 1 is 0.833 bits per heavy atom. The van der Waals surface area contributed by atoms with E-state index in [1.807, 2.05) is 12.1 Å². The molecular formula is C52H58F4N12O4. The Hall–Kier alpha value is -5.99. The number of piperidine rings is 2. The number of aromatic nitrogens is 5. The lowest BCUT2D eigenvalue weighted by atomic mass is 9.57. The van der Waals surface area contributed by atoms with Gasteiger partial charge in [0.2, 0.25) is 11.8 Å². The molecule has 8 aliphatic rings. The second-order valence-electron chi connectivity index (χ2n) is 22.2. The molecule has 6 aliphatic heterocycles. The first-order valence-electron chi connectivity index (χ1n) is 25.8. The van der Waals surface area contributed by atoms with E-state index in [1.54, 1.807) is 4.90 Å². The summed E-state index contributed by atoms with van der Waals surface area (Å²) in [4.78, 5) is 62.6. The van der Waals surface area contributed by atoms with Crippen LogP contribution >= 0.6 is 0 Å². The number of rotatable bonds is 11. The van der Waals surface area contributed by atoms with Gasteiger partial charge in [-0.2, -0.15) is 28.2 Å². The van der Waals surface area contributed by atoms with Crippen LogP contribution in [0.25, 0.3) is 33.1 Å². The minimum atomic E-state index is -4.77. The van der Waals surface area contributed by atoms with Gasteiger partial charge in [0, 0.05) is 111 Å². The van der Waals surface area contributed by atoms with E-state index < -0.39 is 35.2 Å². The van der Waals surface area contributed by atoms with Crippen LogP contribution in [-0.4, -0.2) is 148 Å². The summed E-state index contributed by atoms with van der Waals surface area (Å²) < 4.78 is 66.9. The summed E-state index contributed by atoms with van der Waals surface area (Å²) in [6.07, 6.45) is 7.39. The highest BCUT2D eigenvalue weighted by molar-refractivity contribution is 6.05. The van der Waals surface area contributed by atoms with Gasteiger partial charge in [-0.1, -0.05) is 0 Å². The Morgan fingerprint density at radius 2 is 1.61 bits per heavy atom. The van der Waals surface area contributed by atoms with E-state index in [4.69, 9.17) is 9.72 Å². The van der Waals surface area contributed by atoms with Crippen LogP contribution in [0.15, 0.2) is 42.7 Å². The van der Waals surface area contributed by atoms with Gasteiger partial charge in [0.1, 0.15) is 23.1 Å². The first-order chi connectivity index (χ1) is 34.8. The number of piperazine rings is 2. The van der Waals surface area contributed by atoms with Gasteiger partial charge in [-0.05, 0) is 118 Å². The number of anilines is 2. The summed E-state index contributed by atoms with van der Waals surface area (Å²) in [6.45, 7) is 9.94. The van der Waals surface area contributed by atoms with Gasteiger partial charge >= 0.3 is 12.2 Å². The molecule has 378 valence electrons. The van der Waals surface area contributed by atoms with E-state index in [1.165, 1.54) is 44.1 Å². The SMILES string of the molecule is O=C1CC[C@H](N2Cc3cc(N4CCN(CC5CC6(CCN(CC7(COc8nc(N9CC%10CCC(C9)N%10)c9cnc(-c%10c(C(F)(F)F)ccc%11[nH]ncc%10%11)c(F)c9n8)CC7)CC6)C5)CC4)ccc3C2=O)C(=O)N1. The topological polar surface area (TPSA) is 168 Å². The number of aromatic amines is 1. The molecule has 13 rings (SSSR count). The third kappa shape index (κ3) is 8.30. The summed E-state index contributed by atoms with van der Waals surface area (Å²) in [5, 5.41) is 13.1. The number of fused-ring (bicyclic) bond motifs is 5. The van der Waals surface area contributed by atoms with E-state index in [-0.39, 0.29) is 58.2 Å². The first-order valence-corrected chi connectivity index (χ1v) is 25.8. The number of nitrogens with zero attached hydrogens (tertiary/aromatic N) is 9. The van der Waals surface area contributed by atoms with Crippen molar-refractivity contribution in [3.8, 4) is 17.3 Å². The number of H-pyrrole nitrogens is 1. The van der Waals surface area contributed by atoms with Gasteiger partial charge in [0.05, 0.1) is 29.3 Å². The molecule has 2 bridgehead atoms. The number of carbonyl (C=O) groups is 3. The summed E-state index contributed by atoms with van der Waals surface area (Å²) in [5.74, 6) is -0.612. The van der Waals surface area contributed by atoms with Crippen LogP contribution in [0.3, 0.4) is 0 Å². The van der Waals surface area contributed by atoms with Crippen LogP contribution in [0.4, 0.5) is 29.1 Å². The van der Waals surface area contributed by atoms with Gasteiger partial charge in [-0.3, -0.25) is 34.7 Å². The number of likely N-dealkylation sites (tertiary alicyclic amines) is 1. The lowest BCUT2D eigenvalue weighted by molar-refractivity contribution is -0.138. The Balaban J connectivity index is 0.623. The summed E-state index contributed by atoms with van der Waals surface area (Å²) in [7, 11) is 0. The molecule has 5 aromatic rings. The van der Waals surface area contributed by atoms with Crippen LogP contribution in [0.5, 0.6) is 6.01 Å². The third-order valence-electron chi connectivity index (χ3n) is 17.5. The second kappa shape index (κ2) is 17.3. The molecule has 16 nitrogen and oxygen atoms in total. The van der Waals surface area contributed by atoms with Crippen LogP contribution in [-0.2, 0) is 22.3 Å². The number of ether oxygens (including phenoxy) is 1. The van der Waals surface area contributed by atoms with Gasteiger partial charge in [0.15, 0.2) is 5.82 Å². The summed E-state index contributed by atoms with van der Waals surface area (Å²) >= 11 is 0. The van der Waals surface area contributed by atoms with Crippen molar-refractivity contribution in [2.24, 2.45) is 16.7 Å². The molecule has 2 aromatic carbocycles. The highest BCUT2D eigenvalue weighted by atomic mass is 19.4. The van der Waals surface area contributed by atoms with Crippen LogP contribution in [0.1, 0.15) is 85.7 Å². The maximum absolute atomic E-state index is 17.0. The van der Waals surface area contributed by atoms with Crippen molar-refractivity contribution in [1.82, 2.24) is 50.5 Å². The van der Waals surface area contributed by atoms with Crippen molar-refractivity contribution in [3.63, 3.8) is 0 Å². The molecule has 3 N–H and O–H groups in total. The molecule has 7 fully saturated rings. The predicted molar refractivity (Wildman–Crippen MR) is 259 cm³/mol. The van der Waals surface area contributed by atoms with E-state index in [0.717, 1.165) is 95.4 Å². The Kier molecular flexibility index (Phi) is 11.0. The second-order valence-corrected chi connectivity index (χ2v) is 22.2. The molecule has 2 aliphatic carbocycles. The molecule has 5 saturated heterocycles. The Bertz CT molecular complexity index is 2980. The molecular weight excluding hydrogens is 933 g/mol. The van der Waals surface area contributed by atoms with Crippen molar-refractivity contribution in [1.29, 1.82) is 0 Å². The number of amides is 3. The number of carbonyl (C=O) groups excluding carboxylic acids is 3. The van der Waals surface area contributed by atoms with Crippen molar-refractivity contribution >= 4 is 51.0 Å². The van der Waals surface area contributed by atoms with Crippen LogP contribution in [0, 0.1) is 22.6 Å². The minimum Gasteiger partial charge on any atom is -0.463 e. The molecule has 20 heteroatoms. The molecule has 2 saturated carbocycles. The summed E-state index contributed by atoms with van der Waals surface area (Å²) in [6, 6.07) is 8.13. The number of alkyl halides is 3. The third-order valence-corrected chi connectivity index (χ3v) is 17.5. The molecule has 3 atom stereocenters. The van der Waals surface area contributed by atoms with E-state index in [9.17, 15) is 27.6 Å². The highest BCUT2D eigenvalue weighted by Crippen LogP contribution is 2.54. The van der Waals surface area contributed by atoms with Crippen LogP contribution in [0.2, 0.25) is 0 Å². The number of hydrogen-bond acceptors (Lipinski definition) is 13. The number of halogens is 4. The monoisotopic (exact) mass is 990 g/mol. The van der Waals surface area contributed by atoms with Gasteiger partial charge in [0.25, 0.3) is 5.91 Å². The Labute approximate surface area is 413 Å². The molecule has 0 radical (unpaired) electrons. The van der Waals surface area contributed by atoms with E-state index in [0.29, 0.717) is 66.3 Å². The van der Waals surface area contributed by atoms with Crippen molar-refractivity contribution in [3.05, 3.63) is 65.2 Å². The number of pyridine rings is 1. The number of nitrogens with one attached hydrogen (secondary N) is 3.